The third-order valence-corrected chi connectivity index (χ3v) is 3.22. The highest BCUT2D eigenvalue weighted by Gasteiger charge is 2.29. The van der Waals surface area contributed by atoms with Crippen LogP contribution in [-0.2, 0) is 20.8 Å². The van der Waals surface area contributed by atoms with Crippen LogP contribution in [0.2, 0.25) is 0 Å². The van der Waals surface area contributed by atoms with Gasteiger partial charge in [0, 0.05) is 6.42 Å². The molecule has 2 atom stereocenters. The molecule has 0 unspecified atom stereocenters. The van der Waals surface area contributed by atoms with Gasteiger partial charge in [0.1, 0.15) is 12.1 Å². The zero-order chi connectivity index (χ0) is 17.6. The fourth-order valence-electron chi connectivity index (χ4n) is 1.78. The Balaban J connectivity index is 2.89. The van der Waals surface area contributed by atoms with Crippen LogP contribution in [0.3, 0.4) is 0 Å². The van der Waals surface area contributed by atoms with Gasteiger partial charge in [-0.25, -0.2) is 0 Å². The van der Waals surface area contributed by atoms with Gasteiger partial charge in [-0.2, -0.15) is 0 Å². The number of benzene rings is 1. The first-order chi connectivity index (χ1) is 10.6. The number of carbonyl (C=O) groups is 3. The van der Waals surface area contributed by atoms with Crippen LogP contribution in [-0.4, -0.2) is 40.5 Å². The fourth-order valence-corrected chi connectivity index (χ4v) is 1.78. The summed E-state index contributed by atoms with van der Waals surface area (Å²) in [5, 5.41) is 13.8. The molecule has 0 saturated carbocycles. The molecule has 7 heteroatoms. The second kappa shape index (κ2) is 7.73. The first-order valence-corrected chi connectivity index (χ1v) is 7.28. The normalized spacial score (nSPS) is 13.7. The zero-order valence-corrected chi connectivity index (χ0v) is 13.5. The summed E-state index contributed by atoms with van der Waals surface area (Å²) in [6.07, 6.45) is 0.237. The van der Waals surface area contributed by atoms with Gasteiger partial charge in [0.25, 0.3) is 0 Å². The van der Waals surface area contributed by atoms with Crippen LogP contribution in [0.25, 0.3) is 0 Å². The number of aliphatic carboxylic acids is 1. The molecule has 0 radical (unpaired) electrons. The number of nitrogens with one attached hydrogen (secondary N) is 2. The molecule has 0 saturated heterocycles. The minimum absolute atomic E-state index is 0.237. The Labute approximate surface area is 135 Å². The number of carboxylic acid groups (broad SMARTS) is 1. The van der Waals surface area contributed by atoms with E-state index < -0.39 is 35.4 Å². The second-order valence-electron chi connectivity index (χ2n) is 6.01. The van der Waals surface area contributed by atoms with Crippen LogP contribution in [0.4, 0.5) is 0 Å². The summed E-state index contributed by atoms with van der Waals surface area (Å²) in [6, 6.07) is 7.16. The van der Waals surface area contributed by atoms with Crippen molar-refractivity contribution < 1.29 is 19.5 Å². The largest absolute Gasteiger partial charge is 0.480 e. The molecule has 0 bridgehead atoms. The lowest BCUT2D eigenvalue weighted by atomic mass is 10.0. The minimum atomic E-state index is -1.15. The van der Waals surface area contributed by atoms with Crippen LogP contribution < -0.4 is 16.4 Å². The molecule has 0 spiro atoms. The van der Waals surface area contributed by atoms with Crippen LogP contribution >= 0.6 is 0 Å². The van der Waals surface area contributed by atoms with Crippen LogP contribution in [0.1, 0.15) is 26.3 Å². The lowest BCUT2D eigenvalue weighted by Crippen LogP contribution is -2.57. The van der Waals surface area contributed by atoms with Gasteiger partial charge in [0.15, 0.2) is 0 Å². The predicted octanol–water partition coefficient (Wildman–Crippen LogP) is 0.0405. The first kappa shape index (κ1) is 18.6. The third kappa shape index (κ3) is 6.07. The smallest absolute Gasteiger partial charge is 0.325 e. The molecule has 0 aliphatic carbocycles. The van der Waals surface area contributed by atoms with Gasteiger partial charge in [0.05, 0.1) is 5.54 Å². The van der Waals surface area contributed by atoms with Gasteiger partial charge in [0.2, 0.25) is 11.8 Å². The van der Waals surface area contributed by atoms with E-state index in [0.29, 0.717) is 0 Å². The van der Waals surface area contributed by atoms with Crippen molar-refractivity contribution in [1.29, 1.82) is 0 Å². The molecular formula is C16H23N3O4. The van der Waals surface area contributed by atoms with Gasteiger partial charge in [-0.15, -0.1) is 0 Å². The average molecular weight is 321 g/mol. The summed E-state index contributed by atoms with van der Waals surface area (Å²) in [5.74, 6) is -2.21. The second-order valence-corrected chi connectivity index (χ2v) is 6.01. The Hall–Kier alpha value is -2.41. The maximum atomic E-state index is 12.3. The average Bonchev–Trinajstić information content (AvgIpc) is 2.46. The lowest BCUT2D eigenvalue weighted by molar-refractivity contribution is -0.141. The Kier molecular flexibility index (Phi) is 6.27. The fraction of sp³-hybridized carbons (Fsp3) is 0.438. The van der Waals surface area contributed by atoms with Gasteiger partial charge in [-0.3, -0.25) is 14.4 Å². The van der Waals surface area contributed by atoms with E-state index in [1.165, 1.54) is 20.8 Å². The molecule has 1 aromatic carbocycles. The molecule has 0 fully saturated rings. The quantitative estimate of drug-likeness (QED) is 0.565. The number of carboxylic acids is 1. The van der Waals surface area contributed by atoms with Gasteiger partial charge >= 0.3 is 5.97 Å². The number of hydrogen-bond donors (Lipinski definition) is 4. The Morgan fingerprint density at radius 2 is 1.74 bits per heavy atom. The monoisotopic (exact) mass is 321 g/mol. The van der Waals surface area contributed by atoms with Crippen molar-refractivity contribution in [2.24, 2.45) is 5.73 Å². The molecule has 126 valence electrons. The summed E-state index contributed by atoms with van der Waals surface area (Å²) in [6.45, 7) is 4.41. The van der Waals surface area contributed by atoms with Crippen molar-refractivity contribution in [2.45, 2.75) is 44.8 Å². The van der Waals surface area contributed by atoms with Crippen LogP contribution in [0.15, 0.2) is 30.3 Å². The molecule has 0 aliphatic rings. The molecule has 0 aromatic heterocycles. The number of nitrogens with two attached hydrogens (primary N) is 1. The van der Waals surface area contributed by atoms with Gasteiger partial charge < -0.3 is 21.5 Å². The highest BCUT2D eigenvalue weighted by molar-refractivity contribution is 5.93. The van der Waals surface area contributed by atoms with Gasteiger partial charge in [-0.05, 0) is 26.3 Å². The summed E-state index contributed by atoms with van der Waals surface area (Å²) in [4.78, 5) is 35.2. The van der Waals surface area contributed by atoms with Crippen molar-refractivity contribution in [3.8, 4) is 0 Å². The van der Waals surface area contributed by atoms with Crippen molar-refractivity contribution in [3.05, 3.63) is 35.9 Å². The Morgan fingerprint density at radius 3 is 2.22 bits per heavy atom. The number of carbonyl (C=O) groups excluding carboxylic acids is 2. The third-order valence-electron chi connectivity index (χ3n) is 3.22. The molecule has 1 aromatic rings. The van der Waals surface area contributed by atoms with E-state index in [0.717, 1.165) is 5.56 Å². The van der Waals surface area contributed by atoms with Crippen molar-refractivity contribution in [1.82, 2.24) is 10.6 Å². The minimum Gasteiger partial charge on any atom is -0.480 e. The van der Waals surface area contributed by atoms with E-state index in [9.17, 15) is 14.4 Å². The molecule has 1 rings (SSSR count). The van der Waals surface area contributed by atoms with Crippen LogP contribution in [0.5, 0.6) is 0 Å². The van der Waals surface area contributed by atoms with Crippen LogP contribution in [0, 0.1) is 0 Å². The molecule has 0 aliphatic heterocycles. The van der Waals surface area contributed by atoms with Crippen molar-refractivity contribution in [2.75, 3.05) is 0 Å². The summed E-state index contributed by atoms with van der Waals surface area (Å²) >= 11 is 0. The molecule has 23 heavy (non-hydrogen) atoms. The Bertz CT molecular complexity index is 566. The van der Waals surface area contributed by atoms with Crippen molar-refractivity contribution in [3.63, 3.8) is 0 Å². The maximum absolute atomic E-state index is 12.3. The van der Waals surface area contributed by atoms with E-state index in [-0.39, 0.29) is 6.42 Å². The Morgan fingerprint density at radius 1 is 1.17 bits per heavy atom. The van der Waals surface area contributed by atoms with Gasteiger partial charge in [-0.1, -0.05) is 30.3 Å². The molecule has 7 nitrogen and oxygen atoms in total. The molecule has 5 N–H and O–H groups in total. The van der Waals surface area contributed by atoms with E-state index >= 15 is 0 Å². The van der Waals surface area contributed by atoms with Crippen molar-refractivity contribution >= 4 is 17.8 Å². The number of hydrogen-bond acceptors (Lipinski definition) is 4. The first-order valence-electron chi connectivity index (χ1n) is 7.28. The van der Waals surface area contributed by atoms with E-state index in [1.54, 1.807) is 0 Å². The topological polar surface area (TPSA) is 122 Å². The maximum Gasteiger partial charge on any atom is 0.325 e. The SMILES string of the molecule is C[C@H](NC(=O)[C@H](Cc1ccccc1)NC(=O)C(C)(C)N)C(=O)O. The highest BCUT2D eigenvalue weighted by Crippen LogP contribution is 2.06. The van der Waals surface area contributed by atoms with E-state index in [2.05, 4.69) is 10.6 Å². The highest BCUT2D eigenvalue weighted by atomic mass is 16.4. The van der Waals surface area contributed by atoms with E-state index in [4.69, 9.17) is 10.8 Å². The molecular weight excluding hydrogens is 298 g/mol. The molecule has 2 amide bonds. The number of rotatable bonds is 7. The lowest BCUT2D eigenvalue weighted by Gasteiger charge is -2.24. The van der Waals surface area contributed by atoms with E-state index in [1.807, 2.05) is 30.3 Å². The summed E-state index contributed by atoms with van der Waals surface area (Å²) in [5.41, 5.74) is 5.43. The zero-order valence-electron chi connectivity index (χ0n) is 13.5. The standard InChI is InChI=1S/C16H23N3O4/c1-10(14(21)22)18-13(20)12(19-15(23)16(2,3)17)9-11-7-5-4-6-8-11/h4-8,10,12H,9,17H2,1-3H3,(H,18,20)(H,19,23)(H,21,22)/t10-,12-/m0/s1. The summed E-state index contributed by atoms with van der Waals surface area (Å²) in [7, 11) is 0. The molecule has 0 heterocycles. The summed E-state index contributed by atoms with van der Waals surface area (Å²) < 4.78 is 0. The number of amides is 2. The predicted molar refractivity (Wildman–Crippen MR) is 85.6 cm³/mol.